The highest BCUT2D eigenvalue weighted by atomic mass is 31.2. The number of rotatable bonds is 22. The highest BCUT2D eigenvalue weighted by Crippen LogP contribution is 2.47. The van der Waals surface area contributed by atoms with Gasteiger partial charge in [-0.2, -0.15) is 5.26 Å². The van der Waals surface area contributed by atoms with E-state index in [1.165, 1.54) is 0 Å². The summed E-state index contributed by atoms with van der Waals surface area (Å²) >= 11 is 0. The van der Waals surface area contributed by atoms with Crippen molar-refractivity contribution < 1.29 is 32.8 Å². The Morgan fingerprint density at radius 3 is 1.76 bits per heavy atom. The number of hydrogen-bond donors (Lipinski definition) is 0. The minimum Gasteiger partial charge on any atom is -0.497 e. The van der Waals surface area contributed by atoms with Gasteiger partial charge in [0.05, 0.1) is 53.6 Å². The number of hydrogen-bond acceptors (Lipinski definition) is 9. The van der Waals surface area contributed by atoms with Crippen molar-refractivity contribution in [2.24, 2.45) is 5.92 Å². The summed E-state index contributed by atoms with van der Waals surface area (Å²) in [5, 5.41) is 11.4. The Labute approximate surface area is 345 Å². The van der Waals surface area contributed by atoms with Crippen LogP contribution >= 0.6 is 8.53 Å². The number of Topliss-reactive ketones (excluding diaryl/α,β-unsaturated/α-hetero) is 1. The van der Waals surface area contributed by atoms with Crippen molar-refractivity contribution in [2.45, 2.75) is 71.1 Å². The topological polar surface area (TPSA) is 99.5 Å². The summed E-state index contributed by atoms with van der Waals surface area (Å²) in [6.07, 6.45) is 0.444. The molecule has 5 rings (SSSR count). The van der Waals surface area contributed by atoms with E-state index in [1.54, 1.807) is 21.3 Å². The summed E-state index contributed by atoms with van der Waals surface area (Å²) in [5.41, 5.74) is 2.56. The predicted octanol–water partition coefficient (Wildman–Crippen LogP) is 10.8. The standard InChI is InChI=1S/C48H57N2O7P/c1-34(2)50(35(3)4)58(56-28-12-27-49)57-33-37(29-47(51)36(5)38-15-16-40-31-46(54-8)22-17-39(40)30-38)32-55-48(41-13-10-9-11-14-41,42-18-23-44(52-6)24-19-42)43-20-25-45(53-7)26-21-43/h9-11,13-26,30-31,34-37H,12,28-29,32-33H2,1-8H3/t36-,37?,58?/m0/s1. The Bertz CT molecular complexity index is 2030. The van der Waals surface area contributed by atoms with Crippen molar-refractivity contribution >= 4 is 25.1 Å². The van der Waals surface area contributed by atoms with E-state index < -0.39 is 14.1 Å². The number of carbonyl (C=O) groups is 1. The van der Waals surface area contributed by atoms with Crippen molar-refractivity contribution in [2.75, 3.05) is 41.2 Å². The second kappa shape index (κ2) is 21.3. The first-order chi connectivity index (χ1) is 28.0. The highest BCUT2D eigenvalue weighted by molar-refractivity contribution is 7.44. The zero-order chi connectivity index (χ0) is 41.7. The van der Waals surface area contributed by atoms with Gasteiger partial charge in [-0.25, -0.2) is 4.67 Å². The molecule has 0 fully saturated rings. The van der Waals surface area contributed by atoms with Gasteiger partial charge in [0.1, 0.15) is 28.6 Å². The van der Waals surface area contributed by atoms with Crippen molar-refractivity contribution in [3.05, 3.63) is 138 Å². The van der Waals surface area contributed by atoms with Crippen molar-refractivity contribution in [1.29, 1.82) is 5.26 Å². The van der Waals surface area contributed by atoms with Crippen LogP contribution in [0.25, 0.3) is 10.8 Å². The average Bonchev–Trinajstić information content (AvgIpc) is 3.25. The molecule has 0 amide bonds. The van der Waals surface area contributed by atoms with Crippen molar-refractivity contribution in [1.82, 2.24) is 4.67 Å². The van der Waals surface area contributed by atoms with E-state index in [9.17, 15) is 10.1 Å². The lowest BCUT2D eigenvalue weighted by atomic mass is 9.79. The van der Waals surface area contributed by atoms with Gasteiger partial charge < -0.3 is 28.0 Å². The van der Waals surface area contributed by atoms with Crippen molar-refractivity contribution in [3.8, 4) is 23.3 Å². The van der Waals surface area contributed by atoms with E-state index in [1.807, 2.05) is 104 Å². The Morgan fingerprint density at radius 2 is 1.21 bits per heavy atom. The lowest BCUT2D eigenvalue weighted by molar-refractivity contribution is -0.122. The molecule has 0 aliphatic heterocycles. The molecule has 0 heterocycles. The van der Waals surface area contributed by atoms with E-state index in [-0.39, 0.29) is 62.4 Å². The average molecular weight is 805 g/mol. The van der Waals surface area contributed by atoms with Crippen LogP contribution in [0.15, 0.2) is 115 Å². The quantitative estimate of drug-likeness (QED) is 0.0384. The molecule has 306 valence electrons. The van der Waals surface area contributed by atoms with E-state index >= 15 is 0 Å². The molecule has 58 heavy (non-hydrogen) atoms. The fourth-order valence-corrected chi connectivity index (χ4v) is 8.93. The van der Waals surface area contributed by atoms with Crippen LogP contribution in [0.5, 0.6) is 17.2 Å². The Hall–Kier alpha value is -4.81. The third-order valence-electron chi connectivity index (χ3n) is 10.3. The van der Waals surface area contributed by atoms with Gasteiger partial charge in [-0.05, 0) is 97.1 Å². The maximum atomic E-state index is 14.4. The van der Waals surface area contributed by atoms with Crippen LogP contribution in [0, 0.1) is 17.2 Å². The van der Waals surface area contributed by atoms with E-state index in [2.05, 4.69) is 56.6 Å². The fourth-order valence-electron chi connectivity index (χ4n) is 7.25. The zero-order valence-electron chi connectivity index (χ0n) is 35.0. The minimum absolute atomic E-state index is 0.0727. The second-order valence-electron chi connectivity index (χ2n) is 14.9. The molecule has 0 spiro atoms. The summed E-state index contributed by atoms with van der Waals surface area (Å²) in [4.78, 5) is 14.4. The van der Waals surface area contributed by atoms with Gasteiger partial charge in [0.2, 0.25) is 0 Å². The van der Waals surface area contributed by atoms with E-state index in [0.29, 0.717) is 0 Å². The van der Waals surface area contributed by atoms with Gasteiger partial charge in [0.15, 0.2) is 0 Å². The fraction of sp³-hybridized carbons (Fsp3) is 0.375. The third-order valence-corrected chi connectivity index (χ3v) is 12.4. The Balaban J connectivity index is 1.55. The molecular formula is C48H57N2O7P. The van der Waals surface area contributed by atoms with Crippen LogP contribution in [-0.4, -0.2) is 63.7 Å². The van der Waals surface area contributed by atoms with Crippen LogP contribution in [0.2, 0.25) is 0 Å². The third kappa shape index (κ3) is 10.8. The summed E-state index contributed by atoms with van der Waals surface area (Å²) in [6, 6.07) is 40.5. The van der Waals surface area contributed by atoms with Gasteiger partial charge in [0.25, 0.3) is 8.53 Å². The molecule has 0 aliphatic carbocycles. The lowest BCUT2D eigenvalue weighted by Crippen LogP contribution is -2.37. The van der Waals surface area contributed by atoms with Crippen LogP contribution < -0.4 is 14.2 Å². The Morgan fingerprint density at radius 1 is 0.672 bits per heavy atom. The lowest BCUT2D eigenvalue weighted by Gasteiger charge is -2.38. The monoisotopic (exact) mass is 804 g/mol. The van der Waals surface area contributed by atoms with Crippen LogP contribution in [0.1, 0.15) is 75.6 Å². The maximum absolute atomic E-state index is 14.4. The maximum Gasteiger partial charge on any atom is 0.259 e. The number of ether oxygens (including phenoxy) is 4. The van der Waals surface area contributed by atoms with Gasteiger partial charge in [0, 0.05) is 30.3 Å². The summed E-state index contributed by atoms with van der Waals surface area (Å²) in [7, 11) is 3.39. The van der Waals surface area contributed by atoms with Crippen LogP contribution in [0.3, 0.4) is 0 Å². The first-order valence-corrected chi connectivity index (χ1v) is 21.0. The van der Waals surface area contributed by atoms with Crippen LogP contribution in [-0.2, 0) is 24.2 Å². The van der Waals surface area contributed by atoms with Gasteiger partial charge >= 0.3 is 0 Å². The summed E-state index contributed by atoms with van der Waals surface area (Å²) < 4.78 is 39.1. The van der Waals surface area contributed by atoms with Gasteiger partial charge in [-0.15, -0.1) is 0 Å². The first kappa shape index (κ1) is 44.3. The molecule has 3 atom stereocenters. The normalized spacial score (nSPS) is 13.3. The van der Waals surface area contributed by atoms with Gasteiger partial charge in [-0.1, -0.05) is 85.8 Å². The molecule has 0 radical (unpaired) electrons. The summed E-state index contributed by atoms with van der Waals surface area (Å²) in [5.74, 6) is 1.56. The van der Waals surface area contributed by atoms with Crippen LogP contribution in [0.4, 0.5) is 0 Å². The smallest absolute Gasteiger partial charge is 0.259 e. The minimum atomic E-state index is -1.56. The molecule has 5 aromatic rings. The largest absolute Gasteiger partial charge is 0.497 e. The molecule has 0 bridgehead atoms. The second-order valence-corrected chi connectivity index (χ2v) is 16.3. The molecule has 9 nitrogen and oxygen atoms in total. The van der Waals surface area contributed by atoms with E-state index in [4.69, 9.17) is 28.0 Å². The first-order valence-electron chi connectivity index (χ1n) is 19.8. The molecule has 0 N–H and O–H groups in total. The molecule has 5 aromatic carbocycles. The molecule has 0 saturated heterocycles. The number of methoxy groups -OCH3 is 3. The van der Waals surface area contributed by atoms with Gasteiger partial charge in [-0.3, -0.25) is 4.79 Å². The Kier molecular flexibility index (Phi) is 16.2. The number of carbonyl (C=O) groups excluding carboxylic acids is 1. The molecule has 0 saturated carbocycles. The molecule has 0 aromatic heterocycles. The number of benzene rings is 5. The number of nitriles is 1. The predicted molar refractivity (Wildman–Crippen MR) is 231 cm³/mol. The molecule has 0 aliphatic rings. The molecule has 10 heteroatoms. The number of nitrogens with zero attached hydrogens (tertiary/aromatic N) is 2. The van der Waals surface area contributed by atoms with E-state index in [0.717, 1.165) is 50.3 Å². The number of fused-ring (bicyclic) bond motifs is 1. The number of ketones is 1. The molecule has 2 unspecified atom stereocenters. The summed E-state index contributed by atoms with van der Waals surface area (Å²) in [6.45, 7) is 11.0. The van der Waals surface area contributed by atoms with Crippen molar-refractivity contribution in [3.63, 3.8) is 0 Å². The molecular weight excluding hydrogens is 748 g/mol. The SMILES string of the molecule is COc1ccc(C(OCC(COP(OCCC#N)N(C(C)C)C(C)C)CC(=O)[C@@H](C)c2ccc3cc(OC)ccc3c2)(c2ccccc2)c2ccc(OC)cc2)cc1. The zero-order valence-corrected chi connectivity index (χ0v) is 35.9. The highest BCUT2D eigenvalue weighted by Gasteiger charge is 2.39.